The van der Waals surface area contributed by atoms with Crippen molar-refractivity contribution in [3.05, 3.63) is 60.4 Å². The van der Waals surface area contributed by atoms with Crippen molar-refractivity contribution < 1.29 is 4.79 Å². The van der Waals surface area contributed by atoms with Gasteiger partial charge in [0.05, 0.1) is 0 Å². The van der Waals surface area contributed by atoms with Crippen LogP contribution < -0.4 is 5.32 Å². The molecule has 1 atom stereocenters. The topological polar surface area (TPSA) is 90.5 Å². The van der Waals surface area contributed by atoms with Gasteiger partial charge in [-0.1, -0.05) is 30.3 Å². The number of hydrogen-bond donors (Lipinski definition) is 1. The molecule has 0 unspecified atom stereocenters. The highest BCUT2D eigenvalue weighted by molar-refractivity contribution is 5.76. The van der Waals surface area contributed by atoms with Crippen molar-refractivity contribution in [2.45, 2.75) is 25.4 Å². The van der Waals surface area contributed by atoms with E-state index in [2.05, 4.69) is 25.8 Å². The third-order valence-electron chi connectivity index (χ3n) is 3.74. The molecule has 0 bridgehead atoms. The molecule has 0 radical (unpaired) electrons. The van der Waals surface area contributed by atoms with Gasteiger partial charge in [0.1, 0.15) is 18.2 Å². The van der Waals surface area contributed by atoms with Gasteiger partial charge in [0, 0.05) is 32.4 Å². The van der Waals surface area contributed by atoms with Gasteiger partial charge in [0.15, 0.2) is 0 Å². The van der Waals surface area contributed by atoms with Crippen LogP contribution in [0.25, 0.3) is 0 Å². The van der Waals surface area contributed by atoms with E-state index in [4.69, 9.17) is 0 Å². The summed E-state index contributed by atoms with van der Waals surface area (Å²) in [5.41, 5.74) is 1.00. The first-order valence-corrected chi connectivity index (χ1v) is 7.76. The molecule has 0 fully saturated rings. The van der Waals surface area contributed by atoms with Gasteiger partial charge in [0.2, 0.25) is 5.91 Å². The Morgan fingerprint density at radius 2 is 2.12 bits per heavy atom. The predicted molar refractivity (Wildman–Crippen MR) is 86.7 cm³/mol. The molecule has 2 aromatic heterocycles. The number of benzene rings is 1. The number of carbonyl (C=O) groups excluding carboxylic acids is 1. The zero-order valence-corrected chi connectivity index (χ0v) is 13.4. The van der Waals surface area contributed by atoms with E-state index in [0.29, 0.717) is 19.4 Å². The summed E-state index contributed by atoms with van der Waals surface area (Å²) in [4.78, 5) is 16.7. The van der Waals surface area contributed by atoms with Gasteiger partial charge in [-0.05, 0) is 22.4 Å². The Balaban J connectivity index is 1.65. The van der Waals surface area contributed by atoms with Crippen LogP contribution in [0.15, 0.2) is 49.1 Å². The molecule has 8 nitrogen and oxygen atoms in total. The highest BCUT2D eigenvalue weighted by atomic mass is 16.1. The number of carbonyl (C=O) groups is 1. The summed E-state index contributed by atoms with van der Waals surface area (Å²) in [7, 11) is 1.92. The van der Waals surface area contributed by atoms with Gasteiger partial charge in [0.25, 0.3) is 0 Å². The fourth-order valence-corrected chi connectivity index (χ4v) is 2.52. The summed E-state index contributed by atoms with van der Waals surface area (Å²) in [6, 6.07) is 9.56. The Bertz CT molecular complexity index is 767. The number of aryl methyl sites for hydroxylation is 2. The highest BCUT2D eigenvalue weighted by Gasteiger charge is 2.20. The van der Waals surface area contributed by atoms with Crippen LogP contribution >= 0.6 is 0 Å². The Morgan fingerprint density at radius 3 is 2.79 bits per heavy atom. The first-order chi connectivity index (χ1) is 11.7. The number of tetrazole rings is 1. The van der Waals surface area contributed by atoms with E-state index < -0.39 is 0 Å². The number of aromatic nitrogens is 6. The fraction of sp³-hybridized carbons (Fsp3) is 0.312. The second-order valence-corrected chi connectivity index (χ2v) is 5.48. The van der Waals surface area contributed by atoms with Crippen LogP contribution in [0.5, 0.6) is 0 Å². The SMILES string of the molecule is Cn1ccnc1[C@@H](NC(=O)CCCn1cnnn1)c1ccccc1. The monoisotopic (exact) mass is 325 g/mol. The van der Waals surface area contributed by atoms with Crippen LogP contribution in [0.1, 0.15) is 30.3 Å². The van der Waals surface area contributed by atoms with E-state index in [1.165, 1.54) is 0 Å². The van der Waals surface area contributed by atoms with E-state index in [1.807, 2.05) is 48.1 Å². The van der Waals surface area contributed by atoms with Crippen molar-refractivity contribution >= 4 is 5.91 Å². The normalized spacial score (nSPS) is 12.0. The molecule has 1 N–H and O–H groups in total. The minimum absolute atomic E-state index is 0.0278. The molecule has 24 heavy (non-hydrogen) atoms. The molecule has 0 aliphatic carbocycles. The van der Waals surface area contributed by atoms with Gasteiger partial charge >= 0.3 is 0 Å². The maximum Gasteiger partial charge on any atom is 0.220 e. The Morgan fingerprint density at radius 1 is 1.29 bits per heavy atom. The first kappa shape index (κ1) is 15.9. The molecule has 0 spiro atoms. The van der Waals surface area contributed by atoms with Crippen LogP contribution in [-0.2, 0) is 18.4 Å². The average Bonchev–Trinajstić information content (AvgIpc) is 3.25. The van der Waals surface area contributed by atoms with Gasteiger partial charge in [-0.15, -0.1) is 5.10 Å². The molecule has 0 saturated heterocycles. The smallest absolute Gasteiger partial charge is 0.220 e. The number of imidazole rings is 1. The van der Waals surface area contributed by atoms with Crippen molar-refractivity contribution in [2.24, 2.45) is 7.05 Å². The minimum Gasteiger partial charge on any atom is -0.342 e. The molecule has 2 heterocycles. The maximum absolute atomic E-state index is 12.4. The van der Waals surface area contributed by atoms with E-state index in [-0.39, 0.29) is 11.9 Å². The summed E-state index contributed by atoms with van der Waals surface area (Å²) in [6.07, 6.45) is 6.20. The molecule has 3 rings (SSSR count). The minimum atomic E-state index is -0.272. The molecule has 0 aliphatic heterocycles. The first-order valence-electron chi connectivity index (χ1n) is 7.76. The summed E-state index contributed by atoms with van der Waals surface area (Å²) in [5, 5.41) is 14.0. The summed E-state index contributed by atoms with van der Waals surface area (Å²) < 4.78 is 3.53. The lowest BCUT2D eigenvalue weighted by Crippen LogP contribution is -2.31. The summed E-state index contributed by atoms with van der Waals surface area (Å²) >= 11 is 0. The molecule has 124 valence electrons. The van der Waals surface area contributed by atoms with Crippen LogP contribution in [0.3, 0.4) is 0 Å². The maximum atomic E-state index is 12.4. The number of rotatable bonds is 7. The molecule has 1 amide bonds. The lowest BCUT2D eigenvalue weighted by molar-refractivity contribution is -0.121. The molecule has 8 heteroatoms. The van der Waals surface area contributed by atoms with Crippen LogP contribution in [-0.4, -0.2) is 35.7 Å². The number of amides is 1. The molecule has 1 aromatic carbocycles. The Kier molecular flexibility index (Phi) is 4.95. The molecular formula is C16H19N7O. The van der Waals surface area contributed by atoms with E-state index in [0.717, 1.165) is 11.4 Å². The zero-order chi connectivity index (χ0) is 16.8. The molecule has 3 aromatic rings. The van der Waals surface area contributed by atoms with Crippen molar-refractivity contribution in [1.29, 1.82) is 0 Å². The molecule has 0 saturated carbocycles. The van der Waals surface area contributed by atoms with Crippen LogP contribution in [0.4, 0.5) is 0 Å². The third kappa shape index (κ3) is 3.83. The van der Waals surface area contributed by atoms with Gasteiger partial charge in [-0.3, -0.25) is 4.79 Å². The quantitative estimate of drug-likeness (QED) is 0.702. The van der Waals surface area contributed by atoms with Crippen molar-refractivity contribution in [3.8, 4) is 0 Å². The fourth-order valence-electron chi connectivity index (χ4n) is 2.52. The van der Waals surface area contributed by atoms with Crippen molar-refractivity contribution in [2.75, 3.05) is 0 Å². The summed E-state index contributed by atoms with van der Waals surface area (Å²) in [5.74, 6) is 0.773. The van der Waals surface area contributed by atoms with Crippen molar-refractivity contribution in [3.63, 3.8) is 0 Å². The van der Waals surface area contributed by atoms with E-state index in [9.17, 15) is 4.79 Å². The van der Waals surface area contributed by atoms with Crippen LogP contribution in [0, 0.1) is 0 Å². The third-order valence-corrected chi connectivity index (χ3v) is 3.74. The zero-order valence-electron chi connectivity index (χ0n) is 13.4. The van der Waals surface area contributed by atoms with E-state index in [1.54, 1.807) is 17.2 Å². The highest BCUT2D eigenvalue weighted by Crippen LogP contribution is 2.20. The van der Waals surface area contributed by atoms with Gasteiger partial charge in [-0.2, -0.15) is 0 Å². The standard InChI is InChI=1S/C16H19N7O/c1-22-11-9-17-16(22)15(13-6-3-2-4-7-13)19-14(24)8-5-10-23-12-18-20-21-23/h2-4,6-7,9,11-12,15H,5,8,10H2,1H3,(H,19,24)/t15-/m0/s1. The van der Waals surface area contributed by atoms with Gasteiger partial charge in [-0.25, -0.2) is 9.67 Å². The Hall–Kier alpha value is -3.03. The predicted octanol–water partition coefficient (Wildman–Crippen LogP) is 1.09. The average molecular weight is 325 g/mol. The Labute approximate surface area is 139 Å². The second-order valence-electron chi connectivity index (χ2n) is 5.48. The summed E-state index contributed by atoms with van der Waals surface area (Å²) in [6.45, 7) is 0.610. The van der Waals surface area contributed by atoms with E-state index >= 15 is 0 Å². The second kappa shape index (κ2) is 7.49. The number of hydrogen-bond acceptors (Lipinski definition) is 5. The van der Waals surface area contributed by atoms with Gasteiger partial charge < -0.3 is 9.88 Å². The molecular weight excluding hydrogens is 306 g/mol. The largest absolute Gasteiger partial charge is 0.342 e. The lowest BCUT2D eigenvalue weighted by Gasteiger charge is -2.19. The van der Waals surface area contributed by atoms with Crippen molar-refractivity contribution in [1.82, 2.24) is 35.1 Å². The lowest BCUT2D eigenvalue weighted by atomic mass is 10.1. The number of nitrogens with zero attached hydrogens (tertiary/aromatic N) is 6. The number of nitrogens with one attached hydrogen (secondary N) is 1. The van der Waals surface area contributed by atoms with Crippen LogP contribution in [0.2, 0.25) is 0 Å². The molecule has 0 aliphatic rings.